The van der Waals surface area contributed by atoms with Crippen LogP contribution in [0.1, 0.15) is 12.8 Å². The van der Waals surface area contributed by atoms with E-state index < -0.39 is 0 Å². The maximum absolute atomic E-state index is 8.57. The molecule has 0 bridgehead atoms. The molecular formula is C10H11Cl5N3Zn-. The quantitative estimate of drug-likeness (QED) is 0.337. The van der Waals surface area contributed by atoms with Crippen LogP contribution in [0.3, 0.4) is 0 Å². The van der Waals surface area contributed by atoms with Gasteiger partial charge in [0.25, 0.3) is 0 Å². The van der Waals surface area contributed by atoms with Crippen LogP contribution in [-0.2, 0) is 19.5 Å². The first-order valence-corrected chi connectivity index (χ1v) is 5.08. The van der Waals surface area contributed by atoms with Crippen LogP contribution in [0, 0.1) is 5.39 Å². The molecule has 1 saturated heterocycles. The molecule has 1 aliphatic rings. The molecule has 3 nitrogen and oxygen atoms in total. The van der Waals surface area contributed by atoms with E-state index in [0.29, 0.717) is 10.7 Å². The number of nitrogens with zero attached hydrogens (tertiary/aromatic N) is 3. The van der Waals surface area contributed by atoms with Crippen molar-refractivity contribution in [2.45, 2.75) is 12.8 Å². The van der Waals surface area contributed by atoms with E-state index >= 15 is 0 Å². The number of anilines is 1. The van der Waals surface area contributed by atoms with Gasteiger partial charge >= 0.3 is 25.2 Å². The second-order valence-corrected chi connectivity index (χ2v) is 3.84. The molecule has 1 fully saturated rings. The summed E-state index contributed by atoms with van der Waals surface area (Å²) >= 11 is 6.08. The first-order valence-electron chi connectivity index (χ1n) is 4.71. The fourth-order valence-electron chi connectivity index (χ4n) is 1.77. The van der Waals surface area contributed by atoms with Crippen molar-refractivity contribution in [3.63, 3.8) is 0 Å². The van der Waals surface area contributed by atoms with E-state index in [1.807, 2.05) is 6.07 Å². The van der Waals surface area contributed by atoms with E-state index in [0.717, 1.165) is 18.8 Å². The Hall–Kier alpha value is 0.513. The topological polar surface area (TPSA) is 31.4 Å². The summed E-state index contributed by atoms with van der Waals surface area (Å²) < 4.78 is 0. The molecule has 19 heavy (non-hydrogen) atoms. The average Bonchev–Trinajstić information content (AvgIpc) is 2.70. The van der Waals surface area contributed by atoms with Crippen molar-refractivity contribution in [2.75, 3.05) is 18.0 Å². The van der Waals surface area contributed by atoms with Gasteiger partial charge in [-0.25, -0.2) is 0 Å². The minimum Gasteiger partial charge on any atom is -1.00 e. The van der Waals surface area contributed by atoms with Crippen LogP contribution in [0.15, 0.2) is 18.2 Å². The van der Waals surface area contributed by atoms with Crippen LogP contribution in [0.5, 0.6) is 0 Å². The molecule has 1 aromatic carbocycles. The van der Waals surface area contributed by atoms with Gasteiger partial charge in [0.15, 0.2) is 4.98 Å². The zero-order valence-corrected chi connectivity index (χ0v) is 16.7. The number of hydrogen-bond donors (Lipinski definition) is 0. The van der Waals surface area contributed by atoms with Gasteiger partial charge in [0.05, 0.1) is 16.8 Å². The maximum atomic E-state index is 8.57. The molecule has 0 radical (unpaired) electrons. The number of benzene rings is 1. The fourth-order valence-corrected chi connectivity index (χ4v) is 2.07. The van der Waals surface area contributed by atoms with Gasteiger partial charge in [-0.3, -0.25) is 0 Å². The monoisotopic (exact) mass is 412 g/mol. The molecule has 1 aromatic rings. The van der Waals surface area contributed by atoms with E-state index in [4.69, 9.17) is 17.0 Å². The van der Waals surface area contributed by atoms with Crippen molar-refractivity contribution < 1.29 is 69.1 Å². The molecule has 0 aromatic heterocycles. The van der Waals surface area contributed by atoms with Crippen molar-refractivity contribution in [3.8, 4) is 0 Å². The van der Waals surface area contributed by atoms with Gasteiger partial charge in [-0.2, -0.15) is 0 Å². The zero-order chi connectivity index (χ0) is 9.97. The second kappa shape index (κ2) is 13.5. The smallest absolute Gasteiger partial charge is 1.00 e. The fraction of sp³-hybridized carbons (Fsp3) is 0.400. The van der Waals surface area contributed by atoms with Crippen LogP contribution in [0.25, 0.3) is 4.98 Å². The van der Waals surface area contributed by atoms with Crippen molar-refractivity contribution in [1.82, 2.24) is 0 Å². The third-order valence-electron chi connectivity index (χ3n) is 2.49. The SMILES string of the molecule is N#[N+]c1ccc(N2CCCC2)c(Cl)c1.[Cl-].[Cl-].[Cl-].[Cl-].[Zn+2]. The Bertz CT molecular complexity index is 393. The second-order valence-electron chi connectivity index (χ2n) is 3.43. The summed E-state index contributed by atoms with van der Waals surface area (Å²) in [5, 5.41) is 9.23. The van der Waals surface area contributed by atoms with E-state index in [9.17, 15) is 0 Å². The number of diazo groups is 1. The predicted molar refractivity (Wildman–Crippen MR) is 57.6 cm³/mol. The van der Waals surface area contributed by atoms with E-state index in [-0.39, 0.29) is 69.1 Å². The molecule has 0 unspecified atom stereocenters. The average molecular weight is 416 g/mol. The Kier molecular flexibility index (Phi) is 19.7. The maximum Gasteiger partial charge on any atom is 2.00 e. The summed E-state index contributed by atoms with van der Waals surface area (Å²) in [7, 11) is 0. The number of halogens is 5. The summed E-state index contributed by atoms with van der Waals surface area (Å²) in [4.78, 5) is 5.35. The van der Waals surface area contributed by atoms with Crippen molar-refractivity contribution in [1.29, 1.82) is 5.39 Å². The Morgan fingerprint density at radius 3 is 2.00 bits per heavy atom. The van der Waals surface area contributed by atoms with E-state index in [1.54, 1.807) is 12.1 Å². The number of rotatable bonds is 1. The van der Waals surface area contributed by atoms with E-state index in [1.165, 1.54) is 12.8 Å². The molecule has 0 N–H and O–H groups in total. The van der Waals surface area contributed by atoms with Crippen molar-refractivity contribution >= 4 is 23.0 Å². The molecule has 1 aliphatic heterocycles. The summed E-state index contributed by atoms with van der Waals surface area (Å²) in [6.07, 6.45) is 2.45. The van der Waals surface area contributed by atoms with Crippen LogP contribution in [0.4, 0.5) is 11.4 Å². The van der Waals surface area contributed by atoms with Crippen molar-refractivity contribution in [2.24, 2.45) is 0 Å². The summed E-state index contributed by atoms with van der Waals surface area (Å²) in [6.45, 7) is 2.13. The summed E-state index contributed by atoms with van der Waals surface area (Å²) in [6, 6.07) is 5.34. The normalized spacial score (nSPS) is 11.5. The Morgan fingerprint density at radius 1 is 1.05 bits per heavy atom. The van der Waals surface area contributed by atoms with Gasteiger partial charge in [-0.1, -0.05) is 11.6 Å². The molecule has 0 atom stereocenters. The molecule has 9 heteroatoms. The van der Waals surface area contributed by atoms with Crippen LogP contribution >= 0.6 is 11.6 Å². The summed E-state index contributed by atoms with van der Waals surface area (Å²) in [5.74, 6) is 0. The van der Waals surface area contributed by atoms with Gasteiger partial charge < -0.3 is 54.5 Å². The molecule has 0 spiro atoms. The Balaban J connectivity index is -0.000000225. The minimum absolute atomic E-state index is 0. The van der Waals surface area contributed by atoms with Crippen LogP contribution in [0.2, 0.25) is 5.02 Å². The molecule has 104 valence electrons. The van der Waals surface area contributed by atoms with Crippen molar-refractivity contribution in [3.05, 3.63) is 28.2 Å². The standard InChI is InChI=1S/C10H11ClN3.4ClH.Zn/c11-9-7-8(13-12)3-4-10(9)14-5-1-2-6-14;;;;;/h3-4,7H,1-2,5-6H2;4*1H;/q+1;;;;;+2/p-4. The third kappa shape index (κ3) is 7.18. The zero-order valence-electron chi connectivity index (χ0n) is 10.00. The molecule has 0 aliphatic carbocycles. The first-order chi connectivity index (χ1) is 6.81. The Morgan fingerprint density at radius 2 is 1.58 bits per heavy atom. The van der Waals surface area contributed by atoms with Gasteiger partial charge in [-0.05, 0) is 18.9 Å². The number of hydrogen-bond acceptors (Lipinski definition) is 2. The minimum atomic E-state index is 0. The van der Waals surface area contributed by atoms with E-state index in [2.05, 4.69) is 9.88 Å². The summed E-state index contributed by atoms with van der Waals surface area (Å²) in [5.41, 5.74) is 1.54. The molecule has 0 amide bonds. The van der Waals surface area contributed by atoms with Gasteiger partial charge in [-0.15, -0.1) is 0 Å². The largest absolute Gasteiger partial charge is 2.00 e. The molecule has 2 rings (SSSR count). The molecule has 1 heterocycles. The van der Waals surface area contributed by atoms with Gasteiger partial charge in [0.1, 0.15) is 0 Å². The molecular weight excluding hydrogens is 405 g/mol. The van der Waals surface area contributed by atoms with Gasteiger partial charge in [0, 0.05) is 19.2 Å². The Labute approximate surface area is 155 Å². The predicted octanol–water partition coefficient (Wildman–Crippen LogP) is -8.56. The van der Waals surface area contributed by atoms with Gasteiger partial charge in [0.2, 0.25) is 5.39 Å². The molecule has 0 saturated carbocycles. The third-order valence-corrected chi connectivity index (χ3v) is 2.80. The van der Waals surface area contributed by atoms with Crippen LogP contribution < -0.4 is 54.5 Å². The van der Waals surface area contributed by atoms with Crippen LogP contribution in [-0.4, -0.2) is 13.1 Å². The first kappa shape index (κ1) is 27.8.